The average molecular weight is 219 g/mol. The van der Waals surface area contributed by atoms with Crippen LogP contribution in [0.5, 0.6) is 0 Å². The van der Waals surface area contributed by atoms with Gasteiger partial charge in [-0.1, -0.05) is 25.4 Å². The first-order valence-electron chi connectivity index (χ1n) is 4.99. The summed E-state index contributed by atoms with van der Waals surface area (Å²) in [6, 6.07) is 0. The monoisotopic (exact) mass is 218 g/mol. The van der Waals surface area contributed by atoms with Crippen LogP contribution in [0.25, 0.3) is 0 Å². The quantitative estimate of drug-likeness (QED) is 0.736. The van der Waals surface area contributed by atoms with Crippen molar-refractivity contribution in [1.29, 1.82) is 0 Å². The Morgan fingerprint density at radius 1 is 1.43 bits per heavy atom. The third-order valence-electron chi connectivity index (χ3n) is 1.94. The van der Waals surface area contributed by atoms with Gasteiger partial charge in [-0.05, 0) is 32.0 Å². The topological polar surface area (TPSA) is 15.3 Å². The summed E-state index contributed by atoms with van der Waals surface area (Å²) < 4.78 is 0. The van der Waals surface area contributed by atoms with Gasteiger partial charge in [0.1, 0.15) is 0 Å². The van der Waals surface area contributed by atoms with E-state index in [1.165, 1.54) is 5.57 Å². The fraction of sp³-hybridized carbons (Fsp3) is 0.818. The third kappa shape index (κ3) is 7.36. The highest BCUT2D eigenvalue weighted by Crippen LogP contribution is 2.14. The first-order chi connectivity index (χ1) is 6.37. The normalized spacial score (nSPS) is 13.8. The maximum Gasteiger partial charge on any atom is 0.0173 e. The van der Waals surface area contributed by atoms with Crippen LogP contribution in [0, 0.1) is 5.41 Å². The molecule has 14 heavy (non-hydrogen) atoms. The van der Waals surface area contributed by atoms with Crippen LogP contribution in [0.4, 0.5) is 0 Å². The van der Waals surface area contributed by atoms with Crippen molar-refractivity contribution in [3.63, 3.8) is 0 Å². The smallest absolute Gasteiger partial charge is 0.0173 e. The summed E-state index contributed by atoms with van der Waals surface area (Å²) in [5.74, 6) is 0. The van der Waals surface area contributed by atoms with Gasteiger partial charge in [-0.2, -0.15) is 0 Å². The zero-order valence-corrected chi connectivity index (χ0v) is 10.8. The summed E-state index contributed by atoms with van der Waals surface area (Å²) in [5.41, 5.74) is 3.11. The summed E-state index contributed by atoms with van der Waals surface area (Å²) in [5, 5.41) is 3.40. The molecule has 0 atom stereocenters. The van der Waals surface area contributed by atoms with Gasteiger partial charge in [-0.3, -0.25) is 0 Å². The van der Waals surface area contributed by atoms with Crippen molar-refractivity contribution < 1.29 is 0 Å². The molecule has 0 fully saturated rings. The molecule has 0 radical (unpaired) electrons. The molecule has 0 saturated carbocycles. The van der Waals surface area contributed by atoms with Crippen molar-refractivity contribution >= 4 is 11.6 Å². The Hall–Kier alpha value is -0.0500. The minimum Gasteiger partial charge on any atom is -0.312 e. The van der Waals surface area contributed by atoms with E-state index < -0.39 is 0 Å². The van der Waals surface area contributed by atoms with Crippen molar-refractivity contribution in [3.8, 4) is 0 Å². The zero-order chi connectivity index (χ0) is 11.2. The number of nitrogens with zero attached hydrogens (tertiary/aromatic N) is 1. The van der Waals surface area contributed by atoms with Crippen molar-refractivity contribution in [2.24, 2.45) is 5.41 Å². The lowest BCUT2D eigenvalue weighted by Gasteiger charge is -2.28. The molecule has 0 bridgehead atoms. The molecule has 0 aliphatic rings. The van der Waals surface area contributed by atoms with Crippen molar-refractivity contribution in [2.45, 2.75) is 20.8 Å². The summed E-state index contributed by atoms with van der Waals surface area (Å²) in [4.78, 5) is 2.21. The first kappa shape index (κ1) is 13.9. The second-order valence-electron chi connectivity index (χ2n) is 4.96. The van der Waals surface area contributed by atoms with Crippen molar-refractivity contribution in [2.75, 3.05) is 33.7 Å². The van der Waals surface area contributed by atoms with Gasteiger partial charge >= 0.3 is 0 Å². The van der Waals surface area contributed by atoms with Crippen LogP contribution in [0.15, 0.2) is 11.1 Å². The molecular formula is C11H23ClN2. The van der Waals surface area contributed by atoms with E-state index in [2.05, 4.69) is 38.2 Å². The van der Waals surface area contributed by atoms with Crippen LogP contribution in [0.2, 0.25) is 0 Å². The van der Waals surface area contributed by atoms with Crippen LogP contribution in [-0.2, 0) is 0 Å². The van der Waals surface area contributed by atoms with E-state index in [0.717, 1.165) is 19.6 Å². The number of halogens is 1. The molecular weight excluding hydrogens is 196 g/mol. The number of nitrogens with one attached hydrogen (secondary N) is 1. The molecule has 0 aromatic carbocycles. The first-order valence-corrected chi connectivity index (χ1v) is 5.42. The Balaban J connectivity index is 3.76. The zero-order valence-electron chi connectivity index (χ0n) is 10.0. The fourth-order valence-corrected chi connectivity index (χ4v) is 1.63. The van der Waals surface area contributed by atoms with Crippen LogP contribution >= 0.6 is 11.6 Å². The molecule has 0 amide bonds. The highest BCUT2D eigenvalue weighted by atomic mass is 35.5. The molecule has 84 valence electrons. The molecule has 0 heterocycles. The lowest BCUT2D eigenvalue weighted by Crippen LogP contribution is -2.38. The van der Waals surface area contributed by atoms with Crippen molar-refractivity contribution in [3.05, 3.63) is 11.1 Å². The number of hydrogen-bond donors (Lipinski definition) is 1. The van der Waals surface area contributed by atoms with Gasteiger partial charge in [-0.15, -0.1) is 0 Å². The van der Waals surface area contributed by atoms with Crippen LogP contribution in [0.3, 0.4) is 0 Å². The van der Waals surface area contributed by atoms with E-state index in [4.69, 9.17) is 11.6 Å². The molecule has 0 rings (SSSR count). The molecule has 0 saturated heterocycles. The van der Waals surface area contributed by atoms with Crippen molar-refractivity contribution in [1.82, 2.24) is 10.2 Å². The molecule has 1 N–H and O–H groups in total. The number of rotatable bonds is 6. The molecule has 0 aromatic rings. The van der Waals surface area contributed by atoms with E-state index in [9.17, 15) is 0 Å². The molecule has 2 nitrogen and oxygen atoms in total. The predicted octanol–water partition coefficient (Wildman–Crippen LogP) is 2.31. The Labute approximate surface area is 93.3 Å². The molecule has 0 aromatic heterocycles. The van der Waals surface area contributed by atoms with E-state index in [-0.39, 0.29) is 0 Å². The second-order valence-corrected chi connectivity index (χ2v) is 5.18. The summed E-state index contributed by atoms with van der Waals surface area (Å²) >= 11 is 5.58. The second kappa shape index (κ2) is 6.44. The molecule has 0 spiro atoms. The number of hydrogen-bond acceptors (Lipinski definition) is 2. The summed E-state index contributed by atoms with van der Waals surface area (Å²) in [7, 11) is 4.21. The van der Waals surface area contributed by atoms with Gasteiger partial charge in [0, 0.05) is 25.2 Å². The van der Waals surface area contributed by atoms with Gasteiger partial charge in [0.15, 0.2) is 0 Å². The third-order valence-corrected chi connectivity index (χ3v) is 2.31. The van der Waals surface area contributed by atoms with Gasteiger partial charge < -0.3 is 10.2 Å². The molecule has 0 unspecified atom stereocenters. The highest BCUT2D eigenvalue weighted by molar-refractivity contribution is 6.25. The fourth-order valence-electron chi connectivity index (χ4n) is 1.55. The van der Waals surface area contributed by atoms with Gasteiger partial charge in [0.2, 0.25) is 0 Å². The van der Waals surface area contributed by atoms with Gasteiger partial charge in [-0.25, -0.2) is 0 Å². The van der Waals surface area contributed by atoms with Crippen LogP contribution in [0.1, 0.15) is 20.8 Å². The average Bonchev–Trinajstić information content (AvgIpc) is 2.01. The molecule has 0 aliphatic carbocycles. The molecule has 0 aliphatic heterocycles. The summed E-state index contributed by atoms with van der Waals surface area (Å²) in [6.07, 6.45) is 0. The lowest BCUT2D eigenvalue weighted by atomic mass is 9.93. The maximum absolute atomic E-state index is 5.58. The minimum absolute atomic E-state index is 0.302. The Kier molecular flexibility index (Phi) is 6.41. The van der Waals surface area contributed by atoms with Gasteiger partial charge in [0.05, 0.1) is 0 Å². The predicted molar refractivity (Wildman–Crippen MR) is 64.8 cm³/mol. The van der Waals surface area contributed by atoms with E-state index in [0.29, 0.717) is 5.41 Å². The summed E-state index contributed by atoms with van der Waals surface area (Å²) in [6.45, 7) is 9.52. The highest BCUT2D eigenvalue weighted by Gasteiger charge is 2.17. The SMILES string of the molecule is CC(=CCl)CNCC(C)(C)CN(C)C. The van der Waals surface area contributed by atoms with Crippen LogP contribution < -0.4 is 5.32 Å². The molecule has 3 heteroatoms. The van der Waals surface area contributed by atoms with E-state index in [1.54, 1.807) is 5.54 Å². The Bertz CT molecular complexity index is 186. The Morgan fingerprint density at radius 3 is 2.43 bits per heavy atom. The van der Waals surface area contributed by atoms with E-state index in [1.807, 2.05) is 6.92 Å². The lowest BCUT2D eigenvalue weighted by molar-refractivity contribution is 0.234. The maximum atomic E-state index is 5.58. The Morgan fingerprint density at radius 2 is 2.00 bits per heavy atom. The van der Waals surface area contributed by atoms with Gasteiger partial charge in [0.25, 0.3) is 0 Å². The van der Waals surface area contributed by atoms with Crippen LogP contribution in [-0.4, -0.2) is 38.6 Å². The standard InChI is InChI=1S/C11H23ClN2/c1-10(6-12)7-13-8-11(2,3)9-14(4)5/h6,13H,7-9H2,1-5H3. The largest absolute Gasteiger partial charge is 0.312 e. The minimum atomic E-state index is 0.302. The van der Waals surface area contributed by atoms with E-state index >= 15 is 0 Å².